The van der Waals surface area contributed by atoms with Crippen molar-refractivity contribution in [2.45, 2.75) is 25.8 Å². The summed E-state index contributed by atoms with van der Waals surface area (Å²) < 4.78 is 0. The van der Waals surface area contributed by atoms with Gasteiger partial charge < -0.3 is 10.6 Å². The number of hydrogen-bond acceptors (Lipinski definition) is 7. The van der Waals surface area contributed by atoms with Crippen molar-refractivity contribution in [3.63, 3.8) is 0 Å². The Morgan fingerprint density at radius 3 is 2.61 bits per heavy atom. The Labute approximate surface area is 142 Å². The molecule has 0 bridgehead atoms. The van der Waals surface area contributed by atoms with Crippen LogP contribution in [0.25, 0.3) is 0 Å². The summed E-state index contributed by atoms with van der Waals surface area (Å²) in [5.41, 5.74) is 0.878. The van der Waals surface area contributed by atoms with Crippen LogP contribution < -0.4 is 10.6 Å². The Morgan fingerprint density at radius 1 is 1.26 bits per heavy atom. The maximum Gasteiger partial charge on any atom is 0.236 e. The number of amides is 2. The number of carbonyl (C=O) groups excluding carboxylic acids is 2. The van der Waals surface area contributed by atoms with Crippen molar-refractivity contribution in [2.75, 3.05) is 16.4 Å². The molecule has 0 aliphatic heterocycles. The van der Waals surface area contributed by atoms with Gasteiger partial charge in [-0.3, -0.25) is 9.59 Å². The van der Waals surface area contributed by atoms with Gasteiger partial charge in [0.1, 0.15) is 5.03 Å². The zero-order valence-corrected chi connectivity index (χ0v) is 14.6. The summed E-state index contributed by atoms with van der Waals surface area (Å²) in [4.78, 5) is 27.5. The van der Waals surface area contributed by atoms with Gasteiger partial charge >= 0.3 is 0 Å². The molecule has 0 saturated heterocycles. The van der Waals surface area contributed by atoms with E-state index in [-0.39, 0.29) is 23.5 Å². The predicted molar refractivity (Wildman–Crippen MR) is 91.7 cm³/mol. The zero-order chi connectivity index (χ0) is 16.8. The number of carbonyl (C=O) groups is 2. The molecule has 2 N–H and O–H groups in total. The second-order valence-corrected chi connectivity index (χ2v) is 6.89. The minimum absolute atomic E-state index is 0.113. The van der Waals surface area contributed by atoms with E-state index in [1.165, 1.54) is 23.1 Å². The Morgan fingerprint density at radius 2 is 2.04 bits per heavy atom. The number of hydrogen-bond donors (Lipinski definition) is 2. The van der Waals surface area contributed by atoms with E-state index in [4.69, 9.17) is 0 Å². The topological polar surface area (TPSA) is 96.9 Å². The Kier molecular flexibility index (Phi) is 6.05. The van der Waals surface area contributed by atoms with Gasteiger partial charge in [-0.2, -0.15) is 0 Å². The summed E-state index contributed by atoms with van der Waals surface area (Å²) in [5, 5.41) is 16.4. The molecule has 0 unspecified atom stereocenters. The molecule has 0 fully saturated rings. The predicted octanol–water partition coefficient (Wildman–Crippen LogP) is 2.57. The van der Waals surface area contributed by atoms with Crippen molar-refractivity contribution >= 4 is 45.9 Å². The first-order chi connectivity index (χ1) is 10.9. The summed E-state index contributed by atoms with van der Waals surface area (Å²) in [5.74, 6) is 0.228. The van der Waals surface area contributed by atoms with Gasteiger partial charge in [0.25, 0.3) is 0 Å². The van der Waals surface area contributed by atoms with Crippen LogP contribution in [-0.2, 0) is 9.59 Å². The number of nitrogens with zero attached hydrogens (tertiary/aromatic N) is 3. The summed E-state index contributed by atoms with van der Waals surface area (Å²) in [6, 6.07) is 3.38. The van der Waals surface area contributed by atoms with Crippen molar-refractivity contribution < 1.29 is 9.59 Å². The SMILES string of the molecule is Cc1csc(NC(=O)CSc2ccc(NC(=O)C(C)C)nn2)n1. The summed E-state index contributed by atoms with van der Waals surface area (Å²) in [6.45, 7) is 5.47. The molecule has 0 saturated carbocycles. The third kappa shape index (κ3) is 5.61. The fraction of sp³-hybridized carbons (Fsp3) is 0.357. The molecule has 2 aromatic rings. The summed E-state index contributed by atoms with van der Waals surface area (Å²) in [6.07, 6.45) is 0. The number of thiazole rings is 1. The number of aromatic nitrogens is 3. The highest BCUT2D eigenvalue weighted by Gasteiger charge is 2.10. The first-order valence-electron chi connectivity index (χ1n) is 6.93. The first-order valence-corrected chi connectivity index (χ1v) is 8.80. The Bertz CT molecular complexity index is 685. The number of aryl methyl sites for hydroxylation is 1. The molecular formula is C14H17N5O2S2. The normalized spacial score (nSPS) is 10.6. The van der Waals surface area contributed by atoms with Crippen LogP contribution in [-0.4, -0.2) is 32.7 Å². The monoisotopic (exact) mass is 351 g/mol. The maximum atomic E-state index is 11.8. The highest BCUT2D eigenvalue weighted by Crippen LogP contribution is 2.18. The molecule has 0 radical (unpaired) electrons. The van der Waals surface area contributed by atoms with Crippen LogP contribution in [0.5, 0.6) is 0 Å². The molecular weight excluding hydrogens is 334 g/mol. The molecule has 122 valence electrons. The quantitative estimate of drug-likeness (QED) is 0.777. The van der Waals surface area contributed by atoms with E-state index in [1.54, 1.807) is 26.0 Å². The van der Waals surface area contributed by atoms with Crippen LogP contribution in [0.4, 0.5) is 10.9 Å². The fourth-order valence-electron chi connectivity index (χ4n) is 1.44. The van der Waals surface area contributed by atoms with Crippen LogP contribution >= 0.6 is 23.1 Å². The van der Waals surface area contributed by atoms with Gasteiger partial charge in [0.2, 0.25) is 11.8 Å². The van der Waals surface area contributed by atoms with Gasteiger partial charge in [0, 0.05) is 11.3 Å². The molecule has 7 nitrogen and oxygen atoms in total. The van der Waals surface area contributed by atoms with E-state index in [2.05, 4.69) is 25.8 Å². The largest absolute Gasteiger partial charge is 0.309 e. The average molecular weight is 351 g/mol. The molecule has 9 heteroatoms. The Balaban J connectivity index is 1.81. The number of rotatable bonds is 6. The highest BCUT2D eigenvalue weighted by molar-refractivity contribution is 7.99. The van der Waals surface area contributed by atoms with Crippen LogP contribution in [0, 0.1) is 12.8 Å². The molecule has 0 aliphatic rings. The van der Waals surface area contributed by atoms with Gasteiger partial charge in [-0.15, -0.1) is 21.5 Å². The molecule has 2 rings (SSSR count). The lowest BCUT2D eigenvalue weighted by Crippen LogP contribution is -2.18. The number of nitrogens with one attached hydrogen (secondary N) is 2. The highest BCUT2D eigenvalue weighted by atomic mass is 32.2. The van der Waals surface area contributed by atoms with Gasteiger partial charge in [0.15, 0.2) is 10.9 Å². The Hall–Kier alpha value is -2.00. The van der Waals surface area contributed by atoms with Gasteiger partial charge in [-0.25, -0.2) is 4.98 Å². The van der Waals surface area contributed by atoms with E-state index in [0.717, 1.165) is 5.69 Å². The van der Waals surface area contributed by atoms with Gasteiger partial charge in [0.05, 0.1) is 11.4 Å². The third-order valence-electron chi connectivity index (χ3n) is 2.63. The van der Waals surface area contributed by atoms with Gasteiger partial charge in [-0.1, -0.05) is 25.6 Å². The summed E-state index contributed by atoms with van der Waals surface area (Å²) in [7, 11) is 0. The molecule has 2 aromatic heterocycles. The molecule has 0 aromatic carbocycles. The molecule has 23 heavy (non-hydrogen) atoms. The minimum Gasteiger partial charge on any atom is -0.309 e. The molecule has 2 heterocycles. The third-order valence-corrected chi connectivity index (χ3v) is 4.43. The minimum atomic E-state index is -0.150. The lowest BCUT2D eigenvalue weighted by Gasteiger charge is -2.06. The van der Waals surface area contributed by atoms with Crippen LogP contribution in [0.2, 0.25) is 0 Å². The van der Waals surface area contributed by atoms with Crippen LogP contribution in [0.15, 0.2) is 22.5 Å². The van der Waals surface area contributed by atoms with Crippen molar-refractivity contribution in [1.29, 1.82) is 0 Å². The van der Waals surface area contributed by atoms with E-state index < -0.39 is 0 Å². The second-order valence-electron chi connectivity index (χ2n) is 5.03. The van der Waals surface area contributed by atoms with Gasteiger partial charge in [-0.05, 0) is 19.1 Å². The van der Waals surface area contributed by atoms with E-state index in [9.17, 15) is 9.59 Å². The van der Waals surface area contributed by atoms with Crippen LogP contribution in [0.3, 0.4) is 0 Å². The van der Waals surface area contributed by atoms with Crippen molar-refractivity contribution in [3.8, 4) is 0 Å². The fourth-order valence-corrected chi connectivity index (χ4v) is 2.76. The van der Waals surface area contributed by atoms with Crippen molar-refractivity contribution in [3.05, 3.63) is 23.2 Å². The molecule has 0 spiro atoms. The first kappa shape index (κ1) is 17.4. The molecule has 2 amide bonds. The summed E-state index contributed by atoms with van der Waals surface area (Å²) >= 11 is 2.66. The molecule has 0 aliphatic carbocycles. The standard InChI is InChI=1S/C14H17N5O2S2/c1-8(2)13(21)16-10-4-5-12(19-18-10)22-7-11(20)17-14-15-9(3)6-23-14/h4-6,8H,7H2,1-3H3,(H,15,17,20)(H,16,18,21). The number of anilines is 2. The average Bonchev–Trinajstić information content (AvgIpc) is 2.91. The second kappa shape index (κ2) is 8.02. The van der Waals surface area contributed by atoms with Crippen LogP contribution in [0.1, 0.15) is 19.5 Å². The lowest BCUT2D eigenvalue weighted by molar-refractivity contribution is -0.119. The van der Waals surface area contributed by atoms with E-state index in [1.807, 2.05) is 12.3 Å². The van der Waals surface area contributed by atoms with E-state index >= 15 is 0 Å². The number of thioether (sulfide) groups is 1. The van der Waals surface area contributed by atoms with E-state index in [0.29, 0.717) is 16.0 Å². The lowest BCUT2D eigenvalue weighted by atomic mass is 10.2. The van der Waals surface area contributed by atoms with Crippen molar-refractivity contribution in [2.24, 2.45) is 5.92 Å². The molecule has 0 atom stereocenters. The van der Waals surface area contributed by atoms with Crippen molar-refractivity contribution in [1.82, 2.24) is 15.2 Å². The smallest absolute Gasteiger partial charge is 0.236 e. The zero-order valence-electron chi connectivity index (χ0n) is 13.0. The maximum absolute atomic E-state index is 11.8.